The van der Waals surface area contributed by atoms with Crippen LogP contribution in [-0.4, -0.2) is 36.6 Å². The summed E-state index contributed by atoms with van der Waals surface area (Å²) in [6, 6.07) is 0. The zero-order valence-corrected chi connectivity index (χ0v) is 10.9. The summed E-state index contributed by atoms with van der Waals surface area (Å²) in [5.74, 6) is -0.905. The van der Waals surface area contributed by atoms with Crippen molar-refractivity contribution in [1.29, 1.82) is 0 Å². The van der Waals surface area contributed by atoms with Crippen molar-refractivity contribution >= 4 is 11.9 Å². The van der Waals surface area contributed by atoms with Crippen molar-refractivity contribution in [3.63, 3.8) is 0 Å². The third kappa shape index (κ3) is 2.83. The van der Waals surface area contributed by atoms with Gasteiger partial charge in [-0.2, -0.15) is 0 Å². The van der Waals surface area contributed by atoms with Crippen molar-refractivity contribution in [3.05, 3.63) is 0 Å². The number of aliphatic carboxylic acids is 1. The largest absolute Gasteiger partial charge is 0.481 e. The van der Waals surface area contributed by atoms with Crippen LogP contribution in [0.15, 0.2) is 0 Å². The van der Waals surface area contributed by atoms with Gasteiger partial charge in [-0.25, -0.2) is 0 Å². The summed E-state index contributed by atoms with van der Waals surface area (Å²) < 4.78 is 0. The van der Waals surface area contributed by atoms with Gasteiger partial charge in [-0.15, -0.1) is 0 Å². The van der Waals surface area contributed by atoms with Crippen LogP contribution in [0.5, 0.6) is 0 Å². The van der Waals surface area contributed by atoms with Gasteiger partial charge in [-0.05, 0) is 44.2 Å². The van der Waals surface area contributed by atoms with E-state index in [2.05, 4.69) is 10.6 Å². The summed E-state index contributed by atoms with van der Waals surface area (Å²) in [6.07, 6.45) is 3.70. The number of carboxylic acids is 1. The van der Waals surface area contributed by atoms with Crippen molar-refractivity contribution in [3.8, 4) is 0 Å². The molecule has 1 aliphatic heterocycles. The lowest BCUT2D eigenvalue weighted by molar-refractivity contribution is -0.141. The molecule has 5 heteroatoms. The molecule has 3 N–H and O–H groups in total. The number of hydrogen-bond acceptors (Lipinski definition) is 3. The molecule has 1 heterocycles. The van der Waals surface area contributed by atoms with Crippen molar-refractivity contribution in [2.45, 2.75) is 32.6 Å². The standard InChI is InChI=1S/C13H22N2O3/c1-9(12(17)18)2-5-15-11(16)10-8-13(10)3-6-14-7-4-13/h9-10,14H,2-8H2,1H3,(H,15,16)(H,17,18). The Hall–Kier alpha value is -1.10. The SMILES string of the molecule is CC(CCNC(=O)C1CC12CCNCC2)C(=O)O. The first-order valence-corrected chi connectivity index (χ1v) is 6.76. The molecule has 2 atom stereocenters. The molecule has 1 spiro atoms. The fourth-order valence-corrected chi connectivity index (χ4v) is 2.85. The quantitative estimate of drug-likeness (QED) is 0.671. The van der Waals surface area contributed by atoms with Crippen molar-refractivity contribution in [2.75, 3.05) is 19.6 Å². The molecular formula is C13H22N2O3. The molecule has 0 aromatic rings. The molecule has 1 amide bonds. The second kappa shape index (κ2) is 5.26. The molecular weight excluding hydrogens is 232 g/mol. The van der Waals surface area contributed by atoms with E-state index < -0.39 is 11.9 Å². The summed E-state index contributed by atoms with van der Waals surface area (Å²) >= 11 is 0. The number of nitrogens with one attached hydrogen (secondary N) is 2. The number of piperidine rings is 1. The van der Waals surface area contributed by atoms with E-state index >= 15 is 0 Å². The number of rotatable bonds is 5. The minimum atomic E-state index is -0.800. The Morgan fingerprint density at radius 2 is 2.11 bits per heavy atom. The highest BCUT2D eigenvalue weighted by Gasteiger charge is 2.57. The lowest BCUT2D eigenvalue weighted by atomic mass is 9.92. The lowest BCUT2D eigenvalue weighted by Crippen LogP contribution is -2.34. The molecule has 2 unspecified atom stereocenters. The first kappa shape index (κ1) is 13.3. The van der Waals surface area contributed by atoms with Gasteiger partial charge < -0.3 is 15.7 Å². The van der Waals surface area contributed by atoms with Gasteiger partial charge in [0.05, 0.1) is 5.92 Å². The Kier molecular flexibility index (Phi) is 3.90. The number of hydrogen-bond donors (Lipinski definition) is 3. The summed E-state index contributed by atoms with van der Waals surface area (Å²) in [4.78, 5) is 22.6. The van der Waals surface area contributed by atoms with Gasteiger partial charge in [0.2, 0.25) is 5.91 Å². The maximum Gasteiger partial charge on any atom is 0.306 e. The van der Waals surface area contributed by atoms with Gasteiger partial charge in [0.25, 0.3) is 0 Å². The summed E-state index contributed by atoms with van der Waals surface area (Å²) in [7, 11) is 0. The number of carboxylic acid groups (broad SMARTS) is 1. The predicted molar refractivity (Wildman–Crippen MR) is 67.1 cm³/mol. The number of amides is 1. The van der Waals surface area contributed by atoms with Crippen molar-refractivity contribution < 1.29 is 14.7 Å². The van der Waals surface area contributed by atoms with Crippen LogP contribution >= 0.6 is 0 Å². The third-order valence-electron chi connectivity index (χ3n) is 4.40. The maximum atomic E-state index is 12.0. The van der Waals surface area contributed by atoms with E-state index in [4.69, 9.17) is 5.11 Å². The lowest BCUT2D eigenvalue weighted by Gasteiger charge is -2.23. The minimum Gasteiger partial charge on any atom is -0.481 e. The van der Waals surface area contributed by atoms with Gasteiger partial charge in [-0.1, -0.05) is 6.92 Å². The van der Waals surface area contributed by atoms with Crippen LogP contribution in [0.3, 0.4) is 0 Å². The smallest absolute Gasteiger partial charge is 0.306 e. The zero-order valence-electron chi connectivity index (χ0n) is 10.9. The molecule has 102 valence electrons. The van der Waals surface area contributed by atoms with E-state index in [9.17, 15) is 9.59 Å². The van der Waals surface area contributed by atoms with Crippen LogP contribution in [0.1, 0.15) is 32.6 Å². The first-order valence-electron chi connectivity index (χ1n) is 6.76. The average Bonchev–Trinajstić information content (AvgIpc) is 3.03. The Balaban J connectivity index is 1.69. The van der Waals surface area contributed by atoms with Crippen LogP contribution in [0.2, 0.25) is 0 Å². The van der Waals surface area contributed by atoms with Crippen LogP contribution < -0.4 is 10.6 Å². The van der Waals surface area contributed by atoms with E-state index in [0.29, 0.717) is 13.0 Å². The molecule has 1 saturated carbocycles. The Labute approximate surface area is 107 Å². The van der Waals surface area contributed by atoms with Gasteiger partial charge in [0, 0.05) is 12.5 Å². The molecule has 2 fully saturated rings. The molecule has 5 nitrogen and oxygen atoms in total. The summed E-state index contributed by atoms with van der Waals surface area (Å²) in [5, 5.41) is 14.9. The topological polar surface area (TPSA) is 78.4 Å². The average molecular weight is 254 g/mol. The Bertz CT molecular complexity index is 337. The van der Waals surface area contributed by atoms with Crippen LogP contribution in [0, 0.1) is 17.3 Å². The van der Waals surface area contributed by atoms with E-state index in [1.165, 1.54) is 0 Å². The monoisotopic (exact) mass is 254 g/mol. The van der Waals surface area contributed by atoms with Gasteiger partial charge in [0.1, 0.15) is 0 Å². The molecule has 2 aliphatic rings. The number of carbonyl (C=O) groups is 2. The fourth-order valence-electron chi connectivity index (χ4n) is 2.85. The molecule has 0 aromatic carbocycles. The molecule has 2 rings (SSSR count). The fraction of sp³-hybridized carbons (Fsp3) is 0.846. The molecule has 0 radical (unpaired) electrons. The predicted octanol–water partition coefficient (Wildman–Crippen LogP) is 0.603. The van der Waals surface area contributed by atoms with Gasteiger partial charge in [0.15, 0.2) is 0 Å². The van der Waals surface area contributed by atoms with Gasteiger partial charge >= 0.3 is 5.97 Å². The Morgan fingerprint density at radius 1 is 1.44 bits per heavy atom. The molecule has 1 aliphatic carbocycles. The van der Waals surface area contributed by atoms with E-state index in [1.807, 2.05) is 0 Å². The number of carbonyl (C=O) groups excluding carboxylic acids is 1. The van der Waals surface area contributed by atoms with Crippen molar-refractivity contribution in [2.24, 2.45) is 17.3 Å². The normalized spacial score (nSPS) is 26.6. The first-order chi connectivity index (χ1) is 8.55. The maximum absolute atomic E-state index is 12.0. The molecule has 1 saturated heterocycles. The van der Waals surface area contributed by atoms with Crippen LogP contribution in [-0.2, 0) is 9.59 Å². The Morgan fingerprint density at radius 3 is 2.72 bits per heavy atom. The van der Waals surface area contributed by atoms with Crippen LogP contribution in [0.4, 0.5) is 0 Å². The molecule has 18 heavy (non-hydrogen) atoms. The van der Waals surface area contributed by atoms with E-state index in [1.54, 1.807) is 6.92 Å². The van der Waals surface area contributed by atoms with Crippen LogP contribution in [0.25, 0.3) is 0 Å². The van der Waals surface area contributed by atoms with E-state index in [0.717, 1.165) is 32.4 Å². The summed E-state index contributed by atoms with van der Waals surface area (Å²) in [6.45, 7) is 4.16. The van der Waals surface area contributed by atoms with Gasteiger partial charge in [-0.3, -0.25) is 9.59 Å². The molecule has 0 aromatic heterocycles. The minimum absolute atomic E-state index is 0.120. The summed E-state index contributed by atoms with van der Waals surface area (Å²) in [5.41, 5.74) is 0.258. The highest BCUT2D eigenvalue weighted by atomic mass is 16.4. The second-order valence-electron chi connectivity index (χ2n) is 5.69. The zero-order chi connectivity index (χ0) is 13.2. The highest BCUT2D eigenvalue weighted by molar-refractivity contribution is 5.82. The third-order valence-corrected chi connectivity index (χ3v) is 4.40. The van der Waals surface area contributed by atoms with Crippen molar-refractivity contribution in [1.82, 2.24) is 10.6 Å². The molecule has 0 bridgehead atoms. The highest BCUT2D eigenvalue weighted by Crippen LogP contribution is 2.58. The second-order valence-corrected chi connectivity index (χ2v) is 5.69. The van der Waals surface area contributed by atoms with E-state index in [-0.39, 0.29) is 17.2 Å².